The van der Waals surface area contributed by atoms with Crippen molar-refractivity contribution in [1.29, 1.82) is 0 Å². The van der Waals surface area contributed by atoms with Gasteiger partial charge in [-0.2, -0.15) is 13.2 Å². The van der Waals surface area contributed by atoms with E-state index in [9.17, 15) is 13.2 Å². The number of alkyl halides is 3. The molecule has 0 amide bonds. The standard InChI is InChI=1S/C7H14F3NO/c1-6(12-2)5-11-4-3-7(8,9)10/h6,11H,3-5H2,1-2H3. The third kappa shape index (κ3) is 7.81. The van der Waals surface area contributed by atoms with Crippen LogP contribution >= 0.6 is 0 Å². The molecule has 0 rings (SSSR count). The van der Waals surface area contributed by atoms with Crippen LogP contribution in [-0.2, 0) is 4.74 Å². The molecule has 2 nitrogen and oxygen atoms in total. The van der Waals surface area contributed by atoms with Gasteiger partial charge in [0.2, 0.25) is 0 Å². The summed E-state index contributed by atoms with van der Waals surface area (Å²) in [5.41, 5.74) is 0. The lowest BCUT2D eigenvalue weighted by molar-refractivity contribution is -0.133. The molecule has 0 aromatic heterocycles. The Kier molecular flexibility index (Phi) is 5.24. The predicted molar refractivity (Wildman–Crippen MR) is 40.0 cm³/mol. The highest BCUT2D eigenvalue weighted by Crippen LogP contribution is 2.17. The summed E-state index contributed by atoms with van der Waals surface area (Å²) in [5.74, 6) is 0. The van der Waals surface area contributed by atoms with E-state index in [1.165, 1.54) is 7.11 Å². The minimum Gasteiger partial charge on any atom is -0.380 e. The fourth-order valence-corrected chi connectivity index (χ4v) is 0.619. The molecule has 0 heterocycles. The van der Waals surface area contributed by atoms with Crippen LogP contribution in [0.1, 0.15) is 13.3 Å². The van der Waals surface area contributed by atoms with Crippen molar-refractivity contribution < 1.29 is 17.9 Å². The molecule has 0 aromatic carbocycles. The molecular formula is C7H14F3NO. The zero-order valence-electron chi connectivity index (χ0n) is 7.24. The lowest BCUT2D eigenvalue weighted by atomic mass is 10.3. The van der Waals surface area contributed by atoms with E-state index in [1.807, 2.05) is 0 Å². The number of hydrogen-bond acceptors (Lipinski definition) is 2. The van der Waals surface area contributed by atoms with Gasteiger partial charge in [-0.1, -0.05) is 0 Å². The van der Waals surface area contributed by atoms with Gasteiger partial charge in [0, 0.05) is 20.2 Å². The van der Waals surface area contributed by atoms with Gasteiger partial charge in [-0.25, -0.2) is 0 Å². The molecule has 0 aliphatic heterocycles. The summed E-state index contributed by atoms with van der Waals surface area (Å²) >= 11 is 0. The molecule has 0 fully saturated rings. The van der Waals surface area contributed by atoms with Crippen LogP contribution in [0.15, 0.2) is 0 Å². The molecule has 1 atom stereocenters. The minimum atomic E-state index is -4.07. The van der Waals surface area contributed by atoms with Crippen LogP contribution in [0.2, 0.25) is 0 Å². The van der Waals surface area contributed by atoms with Crippen LogP contribution in [0.5, 0.6) is 0 Å². The SMILES string of the molecule is COC(C)CNCCC(F)(F)F. The molecule has 0 spiro atoms. The third-order valence-electron chi connectivity index (χ3n) is 1.42. The highest BCUT2D eigenvalue weighted by molar-refractivity contribution is 4.57. The molecule has 12 heavy (non-hydrogen) atoms. The Balaban J connectivity index is 3.22. The summed E-state index contributed by atoms with van der Waals surface area (Å²) < 4.78 is 39.6. The van der Waals surface area contributed by atoms with Crippen LogP contribution in [0.25, 0.3) is 0 Å². The van der Waals surface area contributed by atoms with E-state index in [2.05, 4.69) is 5.32 Å². The maximum atomic E-state index is 11.6. The Bertz CT molecular complexity index is 116. The molecule has 0 aliphatic carbocycles. The Morgan fingerprint density at radius 2 is 2.00 bits per heavy atom. The van der Waals surface area contributed by atoms with Gasteiger partial charge in [-0.05, 0) is 6.92 Å². The second-order valence-corrected chi connectivity index (χ2v) is 2.62. The molecule has 5 heteroatoms. The zero-order valence-corrected chi connectivity index (χ0v) is 7.24. The van der Waals surface area contributed by atoms with E-state index < -0.39 is 12.6 Å². The Labute approximate surface area is 70.1 Å². The van der Waals surface area contributed by atoms with Crippen molar-refractivity contribution >= 4 is 0 Å². The number of halogens is 3. The lowest BCUT2D eigenvalue weighted by Crippen LogP contribution is -2.29. The van der Waals surface area contributed by atoms with Crippen molar-refractivity contribution in [2.24, 2.45) is 0 Å². The molecule has 1 unspecified atom stereocenters. The predicted octanol–water partition coefficient (Wildman–Crippen LogP) is 1.56. The maximum absolute atomic E-state index is 11.6. The number of hydrogen-bond donors (Lipinski definition) is 1. The minimum absolute atomic E-state index is 0.0433. The highest BCUT2D eigenvalue weighted by atomic mass is 19.4. The fourth-order valence-electron chi connectivity index (χ4n) is 0.619. The van der Waals surface area contributed by atoms with Gasteiger partial charge in [-0.3, -0.25) is 0 Å². The topological polar surface area (TPSA) is 21.3 Å². The maximum Gasteiger partial charge on any atom is 0.390 e. The fraction of sp³-hybridized carbons (Fsp3) is 1.00. The molecular weight excluding hydrogens is 171 g/mol. The summed E-state index contributed by atoms with van der Waals surface area (Å²) in [4.78, 5) is 0. The van der Waals surface area contributed by atoms with Crippen LogP contribution in [0, 0.1) is 0 Å². The molecule has 0 saturated carbocycles. The van der Waals surface area contributed by atoms with Gasteiger partial charge in [0.15, 0.2) is 0 Å². The quantitative estimate of drug-likeness (QED) is 0.656. The van der Waals surface area contributed by atoms with Gasteiger partial charge in [0.1, 0.15) is 0 Å². The van der Waals surface area contributed by atoms with Crippen molar-refractivity contribution in [2.75, 3.05) is 20.2 Å². The Morgan fingerprint density at radius 1 is 1.42 bits per heavy atom. The Morgan fingerprint density at radius 3 is 2.42 bits per heavy atom. The van der Waals surface area contributed by atoms with E-state index >= 15 is 0 Å². The monoisotopic (exact) mass is 185 g/mol. The first-order chi connectivity index (χ1) is 5.45. The van der Waals surface area contributed by atoms with Crippen molar-refractivity contribution in [3.8, 4) is 0 Å². The van der Waals surface area contributed by atoms with E-state index in [4.69, 9.17) is 4.74 Å². The average molecular weight is 185 g/mol. The lowest BCUT2D eigenvalue weighted by Gasteiger charge is -2.11. The van der Waals surface area contributed by atoms with Gasteiger partial charge in [0.05, 0.1) is 12.5 Å². The number of methoxy groups -OCH3 is 1. The van der Waals surface area contributed by atoms with Gasteiger partial charge < -0.3 is 10.1 Å². The summed E-state index contributed by atoms with van der Waals surface area (Å²) in [5, 5.41) is 2.65. The average Bonchev–Trinajstić information content (AvgIpc) is 1.96. The molecule has 0 aliphatic rings. The van der Waals surface area contributed by atoms with E-state index in [0.717, 1.165) is 0 Å². The van der Waals surface area contributed by atoms with Crippen LogP contribution in [0.4, 0.5) is 13.2 Å². The normalized spacial score (nSPS) is 14.8. The second-order valence-electron chi connectivity index (χ2n) is 2.62. The number of rotatable bonds is 5. The summed E-state index contributed by atoms with van der Waals surface area (Å²) in [6.07, 6.45) is -4.90. The van der Waals surface area contributed by atoms with Gasteiger partial charge in [0.25, 0.3) is 0 Å². The molecule has 0 radical (unpaired) electrons. The molecule has 74 valence electrons. The van der Waals surface area contributed by atoms with Gasteiger partial charge in [-0.15, -0.1) is 0 Å². The van der Waals surface area contributed by atoms with Crippen LogP contribution in [0.3, 0.4) is 0 Å². The van der Waals surface area contributed by atoms with E-state index in [-0.39, 0.29) is 12.6 Å². The summed E-state index contributed by atoms with van der Waals surface area (Å²) in [7, 11) is 1.52. The van der Waals surface area contributed by atoms with E-state index in [0.29, 0.717) is 6.54 Å². The first-order valence-corrected chi connectivity index (χ1v) is 3.76. The number of ether oxygens (including phenoxy) is 1. The molecule has 0 saturated heterocycles. The molecule has 0 aromatic rings. The number of nitrogens with one attached hydrogen (secondary N) is 1. The summed E-state index contributed by atoms with van der Waals surface area (Å²) in [6, 6.07) is 0. The van der Waals surface area contributed by atoms with Crippen molar-refractivity contribution in [3.05, 3.63) is 0 Å². The second kappa shape index (κ2) is 5.37. The van der Waals surface area contributed by atoms with Crippen molar-refractivity contribution in [1.82, 2.24) is 5.32 Å². The van der Waals surface area contributed by atoms with Crippen molar-refractivity contribution in [3.63, 3.8) is 0 Å². The molecule has 1 N–H and O–H groups in total. The van der Waals surface area contributed by atoms with E-state index in [1.54, 1.807) is 6.92 Å². The zero-order chi connectivity index (χ0) is 9.61. The van der Waals surface area contributed by atoms with Crippen LogP contribution in [-0.4, -0.2) is 32.5 Å². The smallest absolute Gasteiger partial charge is 0.380 e. The van der Waals surface area contributed by atoms with Crippen LogP contribution < -0.4 is 5.32 Å². The van der Waals surface area contributed by atoms with Gasteiger partial charge >= 0.3 is 6.18 Å². The van der Waals surface area contributed by atoms with Crippen molar-refractivity contribution in [2.45, 2.75) is 25.6 Å². The molecule has 0 bridgehead atoms. The highest BCUT2D eigenvalue weighted by Gasteiger charge is 2.25. The largest absolute Gasteiger partial charge is 0.390 e. The Hall–Kier alpha value is -0.290. The first kappa shape index (κ1) is 11.7. The summed E-state index contributed by atoms with van der Waals surface area (Å²) in [6.45, 7) is 2.20. The third-order valence-corrected chi connectivity index (χ3v) is 1.42. The first-order valence-electron chi connectivity index (χ1n) is 3.76.